The molecule has 0 radical (unpaired) electrons. The minimum absolute atomic E-state index is 0.0142. The summed E-state index contributed by atoms with van der Waals surface area (Å²) in [6.45, 7) is 22.9. The first-order valence-corrected chi connectivity index (χ1v) is 10.9. The summed E-state index contributed by atoms with van der Waals surface area (Å²) >= 11 is 0. The van der Waals surface area contributed by atoms with Gasteiger partial charge in [0.25, 0.3) is 0 Å². The van der Waals surface area contributed by atoms with Gasteiger partial charge in [-0.1, -0.05) is 68.4 Å². The summed E-state index contributed by atoms with van der Waals surface area (Å²) in [6, 6.07) is 4.72. The number of carbonyl (C=O) groups is 1. The van der Waals surface area contributed by atoms with Crippen LogP contribution in [0.5, 0.6) is 0 Å². The third kappa shape index (κ3) is 5.12. The fourth-order valence-electron chi connectivity index (χ4n) is 4.12. The molecule has 0 amide bonds. The van der Waals surface area contributed by atoms with Crippen LogP contribution in [0, 0.1) is 5.92 Å². The topological polar surface area (TPSA) is 44.9 Å². The Balaban J connectivity index is 2.90. The highest BCUT2D eigenvalue weighted by molar-refractivity contribution is 5.91. The maximum Gasteiger partial charge on any atom is 0.134 e. The number of ketones is 1. The number of benzene rings is 1. The first-order chi connectivity index (χ1) is 13.1. The van der Waals surface area contributed by atoms with Gasteiger partial charge in [-0.25, -0.2) is 0 Å². The third-order valence-electron chi connectivity index (χ3n) is 5.90. The number of rotatable bonds is 5. The van der Waals surface area contributed by atoms with Crippen molar-refractivity contribution in [2.75, 3.05) is 13.6 Å². The molecule has 3 nitrogen and oxygen atoms in total. The number of hydrogen-bond donors (Lipinski definition) is 2. The lowest BCUT2D eigenvalue weighted by Crippen LogP contribution is -2.27. The monoisotopic (exact) mass is 398 g/mol. The van der Waals surface area contributed by atoms with E-state index in [1.165, 1.54) is 33.3 Å². The van der Waals surface area contributed by atoms with Crippen molar-refractivity contribution >= 4 is 16.7 Å². The predicted molar refractivity (Wildman–Crippen MR) is 126 cm³/mol. The van der Waals surface area contributed by atoms with Crippen molar-refractivity contribution in [2.24, 2.45) is 5.92 Å². The maximum absolute atomic E-state index is 12.4. The van der Waals surface area contributed by atoms with Crippen molar-refractivity contribution in [1.82, 2.24) is 10.3 Å². The van der Waals surface area contributed by atoms with Crippen molar-refractivity contribution in [2.45, 2.75) is 91.9 Å². The lowest BCUT2D eigenvalue weighted by atomic mass is 9.77. The van der Waals surface area contributed by atoms with Crippen molar-refractivity contribution < 1.29 is 4.79 Å². The molecule has 3 heteroatoms. The Kier molecular flexibility index (Phi) is 6.45. The Morgan fingerprint density at radius 2 is 1.55 bits per heavy atom. The van der Waals surface area contributed by atoms with Crippen molar-refractivity contribution in [3.05, 3.63) is 34.5 Å². The van der Waals surface area contributed by atoms with Crippen molar-refractivity contribution in [1.29, 1.82) is 0 Å². The lowest BCUT2D eigenvalue weighted by Gasteiger charge is -2.27. The number of H-pyrrole nitrogens is 1. The Hall–Kier alpha value is -1.61. The molecule has 0 saturated carbocycles. The van der Waals surface area contributed by atoms with Crippen molar-refractivity contribution in [3.8, 4) is 0 Å². The maximum atomic E-state index is 12.4. The molecular formula is C26H42N2O. The average molecular weight is 399 g/mol. The molecule has 29 heavy (non-hydrogen) atoms. The van der Waals surface area contributed by atoms with Gasteiger partial charge < -0.3 is 10.3 Å². The standard InChI is InChI=1S/C26H42N2O/c1-16(29)17(15-27-11)12-19-22-20(25(5,6)7)13-18(24(2,3)4)14-21(22)28-23(19)26(8,9)10/h13-14,17,27-28H,12,15H2,1-11H3. The Morgan fingerprint density at radius 1 is 0.966 bits per heavy atom. The van der Waals surface area contributed by atoms with Gasteiger partial charge in [0.15, 0.2) is 0 Å². The molecule has 1 heterocycles. The van der Waals surface area contributed by atoms with Gasteiger partial charge in [0, 0.05) is 34.5 Å². The van der Waals surface area contributed by atoms with E-state index in [1.807, 2.05) is 7.05 Å². The van der Waals surface area contributed by atoms with Crippen LogP contribution in [-0.4, -0.2) is 24.4 Å². The molecule has 0 aliphatic heterocycles. The van der Waals surface area contributed by atoms with E-state index in [1.54, 1.807) is 6.92 Å². The minimum Gasteiger partial charge on any atom is -0.358 e. The Morgan fingerprint density at radius 3 is 1.97 bits per heavy atom. The zero-order chi connectivity index (χ0) is 22.4. The Labute approximate surface area is 178 Å². The van der Waals surface area contributed by atoms with Gasteiger partial charge in [0.1, 0.15) is 5.78 Å². The molecule has 0 saturated heterocycles. The van der Waals surface area contributed by atoms with E-state index in [4.69, 9.17) is 0 Å². The zero-order valence-corrected chi connectivity index (χ0v) is 20.6. The number of aromatic amines is 1. The number of hydrogen-bond acceptors (Lipinski definition) is 2. The van der Waals surface area contributed by atoms with E-state index in [9.17, 15) is 4.79 Å². The summed E-state index contributed by atoms with van der Waals surface area (Å²) < 4.78 is 0. The normalized spacial score (nSPS) is 14.4. The van der Waals surface area contributed by atoms with Gasteiger partial charge in [0.2, 0.25) is 0 Å². The summed E-state index contributed by atoms with van der Waals surface area (Å²) in [5.41, 5.74) is 6.56. The molecule has 1 unspecified atom stereocenters. The molecule has 0 aliphatic rings. The van der Waals surface area contributed by atoms with E-state index in [0.717, 1.165) is 6.42 Å². The SMILES string of the molecule is CNCC(Cc1c(C(C)(C)C)[nH]c2cc(C(C)(C)C)cc(C(C)(C)C)c12)C(C)=O. The number of fused-ring (bicyclic) bond motifs is 1. The highest BCUT2D eigenvalue weighted by atomic mass is 16.1. The highest BCUT2D eigenvalue weighted by Crippen LogP contribution is 2.41. The van der Waals surface area contributed by atoms with Gasteiger partial charge in [-0.05, 0) is 54.0 Å². The van der Waals surface area contributed by atoms with Gasteiger partial charge in [0.05, 0.1) is 0 Å². The minimum atomic E-state index is -0.0214. The largest absolute Gasteiger partial charge is 0.358 e. The van der Waals surface area contributed by atoms with E-state index >= 15 is 0 Å². The fourth-order valence-corrected chi connectivity index (χ4v) is 4.12. The number of nitrogens with one attached hydrogen (secondary N) is 2. The van der Waals surface area contributed by atoms with Crippen LogP contribution in [0.3, 0.4) is 0 Å². The predicted octanol–water partition coefficient (Wildman–Crippen LogP) is 6.03. The molecule has 162 valence electrons. The van der Waals surface area contributed by atoms with Crippen LogP contribution in [0.15, 0.2) is 12.1 Å². The van der Waals surface area contributed by atoms with Crippen LogP contribution >= 0.6 is 0 Å². The molecule has 1 aromatic heterocycles. The number of Topliss-reactive ketones (excluding diaryl/α,β-unsaturated/α-hetero) is 1. The van der Waals surface area contributed by atoms with Crippen LogP contribution in [0.4, 0.5) is 0 Å². The first-order valence-electron chi connectivity index (χ1n) is 10.9. The molecule has 0 bridgehead atoms. The lowest BCUT2D eigenvalue weighted by molar-refractivity contribution is -0.120. The molecule has 1 atom stereocenters. The quantitative estimate of drug-likeness (QED) is 0.646. The molecular weight excluding hydrogens is 356 g/mol. The second-order valence-corrected chi connectivity index (χ2v) is 11.7. The van der Waals surface area contributed by atoms with E-state index in [0.29, 0.717) is 6.54 Å². The molecule has 2 rings (SSSR count). The zero-order valence-electron chi connectivity index (χ0n) is 20.6. The molecule has 1 aromatic carbocycles. The summed E-state index contributed by atoms with van der Waals surface area (Å²) in [6.07, 6.45) is 0.765. The van der Waals surface area contributed by atoms with Gasteiger partial charge in [-0.2, -0.15) is 0 Å². The highest BCUT2D eigenvalue weighted by Gasteiger charge is 2.30. The van der Waals surface area contributed by atoms with Gasteiger partial charge >= 0.3 is 0 Å². The molecule has 0 fully saturated rings. The van der Waals surface area contributed by atoms with Gasteiger partial charge in [-0.3, -0.25) is 4.79 Å². The molecule has 0 spiro atoms. The second-order valence-electron chi connectivity index (χ2n) is 11.7. The summed E-state index contributed by atoms with van der Waals surface area (Å²) in [5, 5.41) is 4.53. The summed E-state index contributed by atoms with van der Waals surface area (Å²) in [5.74, 6) is 0.229. The van der Waals surface area contributed by atoms with Crippen LogP contribution in [0.25, 0.3) is 10.9 Å². The van der Waals surface area contributed by atoms with Gasteiger partial charge in [-0.15, -0.1) is 0 Å². The van der Waals surface area contributed by atoms with E-state index < -0.39 is 0 Å². The molecule has 0 aliphatic carbocycles. The fraction of sp³-hybridized carbons (Fsp3) is 0.654. The second kappa shape index (κ2) is 7.91. The number of carbonyl (C=O) groups excluding carboxylic acids is 1. The van der Waals surface area contributed by atoms with Crippen LogP contribution in [0.2, 0.25) is 0 Å². The van der Waals surface area contributed by atoms with E-state index in [2.05, 4.69) is 84.7 Å². The van der Waals surface area contributed by atoms with Crippen molar-refractivity contribution in [3.63, 3.8) is 0 Å². The van der Waals surface area contributed by atoms with Crippen LogP contribution in [0.1, 0.15) is 91.6 Å². The average Bonchev–Trinajstić information content (AvgIpc) is 2.90. The third-order valence-corrected chi connectivity index (χ3v) is 5.90. The van der Waals surface area contributed by atoms with Crippen LogP contribution < -0.4 is 5.32 Å². The number of aromatic nitrogens is 1. The Bertz CT molecular complexity index is 883. The van der Waals surface area contributed by atoms with E-state index in [-0.39, 0.29) is 27.9 Å². The first kappa shape index (κ1) is 23.7. The summed E-state index contributed by atoms with van der Waals surface area (Å²) in [4.78, 5) is 16.2. The molecule has 2 N–H and O–H groups in total. The van der Waals surface area contributed by atoms with Crippen LogP contribution in [-0.2, 0) is 27.5 Å². The molecule has 2 aromatic rings. The summed E-state index contributed by atoms with van der Waals surface area (Å²) in [7, 11) is 1.92. The smallest absolute Gasteiger partial charge is 0.134 e.